The van der Waals surface area contributed by atoms with Gasteiger partial charge < -0.3 is 10.1 Å². The number of hydrogen-bond donors (Lipinski definition) is 1. The molecular weight excluding hydrogens is 186 g/mol. The Morgan fingerprint density at radius 1 is 1.69 bits per heavy atom. The fraction of sp³-hybridized carbons (Fsp3) is 0.444. The van der Waals surface area contributed by atoms with Crippen LogP contribution in [0.3, 0.4) is 0 Å². The van der Waals surface area contributed by atoms with Crippen molar-refractivity contribution >= 4 is 17.1 Å². The van der Waals surface area contributed by atoms with Gasteiger partial charge in [-0.15, -0.1) is 0 Å². The molecule has 0 aliphatic carbocycles. The monoisotopic (exact) mass is 197 g/mol. The molecule has 1 N–H and O–H groups in total. The van der Waals surface area contributed by atoms with Gasteiger partial charge in [-0.25, -0.2) is 0 Å². The van der Waals surface area contributed by atoms with Gasteiger partial charge in [0.05, 0.1) is 19.3 Å². The Morgan fingerprint density at radius 2 is 2.62 bits per heavy atom. The minimum absolute atomic E-state index is 0.140. The minimum atomic E-state index is -0.150. The van der Waals surface area contributed by atoms with E-state index in [0.29, 0.717) is 13.2 Å². The molecule has 1 atom stereocenters. The van der Waals surface area contributed by atoms with E-state index < -0.39 is 0 Å². The second kappa shape index (κ2) is 4.00. The quantitative estimate of drug-likeness (QED) is 0.716. The molecule has 2 rings (SSSR count). The largest absolute Gasteiger partial charge is 0.378 e. The number of Topliss-reactive ketones (excluding diaryl/α,β-unsaturated/α-hetero) is 1. The molecule has 4 heteroatoms. The summed E-state index contributed by atoms with van der Waals surface area (Å²) in [5.74, 6) is 0.140. The van der Waals surface area contributed by atoms with Crippen LogP contribution in [-0.4, -0.2) is 31.6 Å². The zero-order valence-electron chi connectivity index (χ0n) is 7.16. The molecule has 1 saturated heterocycles. The Balaban J connectivity index is 2.04. The Hall–Kier alpha value is -0.710. The predicted octanol–water partition coefficient (Wildman–Crippen LogP) is 0.919. The first-order valence-corrected chi connectivity index (χ1v) is 5.20. The van der Waals surface area contributed by atoms with E-state index in [-0.39, 0.29) is 11.8 Å². The molecule has 1 aromatic rings. The molecule has 1 aromatic heterocycles. The Morgan fingerprint density at radius 3 is 3.23 bits per heavy atom. The zero-order chi connectivity index (χ0) is 9.10. The van der Waals surface area contributed by atoms with Crippen molar-refractivity contribution in [2.75, 3.05) is 19.8 Å². The standard InChI is InChI=1S/C9H11NO2S/c11-9(7-1-4-13-6-7)8-5-12-3-2-10-8/h1,4,6,8,10H,2-3,5H2. The van der Waals surface area contributed by atoms with Crippen LogP contribution in [0.2, 0.25) is 0 Å². The smallest absolute Gasteiger partial charge is 0.182 e. The number of carbonyl (C=O) groups is 1. The summed E-state index contributed by atoms with van der Waals surface area (Å²) in [6.45, 7) is 1.96. The molecule has 70 valence electrons. The van der Waals surface area contributed by atoms with E-state index in [2.05, 4.69) is 5.32 Å². The van der Waals surface area contributed by atoms with Crippen LogP contribution in [-0.2, 0) is 4.74 Å². The average Bonchev–Trinajstić information content (AvgIpc) is 2.71. The molecule has 3 nitrogen and oxygen atoms in total. The molecule has 0 amide bonds. The van der Waals surface area contributed by atoms with Gasteiger partial charge >= 0.3 is 0 Å². The highest BCUT2D eigenvalue weighted by Gasteiger charge is 2.22. The highest BCUT2D eigenvalue weighted by molar-refractivity contribution is 7.08. The third-order valence-corrected chi connectivity index (χ3v) is 2.73. The number of hydrogen-bond acceptors (Lipinski definition) is 4. The molecule has 0 saturated carbocycles. The number of rotatable bonds is 2. The van der Waals surface area contributed by atoms with E-state index in [4.69, 9.17) is 4.74 Å². The first kappa shape index (κ1) is 8.87. The maximum Gasteiger partial charge on any atom is 0.182 e. The van der Waals surface area contributed by atoms with E-state index in [1.165, 1.54) is 0 Å². The normalized spacial score (nSPS) is 22.9. The fourth-order valence-corrected chi connectivity index (χ4v) is 1.98. The van der Waals surface area contributed by atoms with Crippen LogP contribution >= 0.6 is 11.3 Å². The molecule has 1 aliphatic rings. The first-order chi connectivity index (χ1) is 6.38. The maximum absolute atomic E-state index is 11.7. The van der Waals surface area contributed by atoms with E-state index in [1.807, 2.05) is 16.8 Å². The summed E-state index contributed by atoms with van der Waals surface area (Å²) in [7, 11) is 0. The molecule has 0 bridgehead atoms. The SMILES string of the molecule is O=C(c1ccsc1)C1COCCN1. The van der Waals surface area contributed by atoms with Crippen molar-refractivity contribution < 1.29 is 9.53 Å². The highest BCUT2D eigenvalue weighted by atomic mass is 32.1. The van der Waals surface area contributed by atoms with Gasteiger partial charge in [-0.2, -0.15) is 11.3 Å². The number of morpholine rings is 1. The van der Waals surface area contributed by atoms with Gasteiger partial charge in [0.2, 0.25) is 0 Å². The van der Waals surface area contributed by atoms with Gasteiger partial charge in [0.1, 0.15) is 0 Å². The van der Waals surface area contributed by atoms with Crippen molar-refractivity contribution in [1.82, 2.24) is 5.32 Å². The van der Waals surface area contributed by atoms with Crippen LogP contribution in [0, 0.1) is 0 Å². The lowest BCUT2D eigenvalue weighted by atomic mass is 10.1. The topological polar surface area (TPSA) is 38.3 Å². The fourth-order valence-electron chi connectivity index (χ4n) is 1.34. The number of thiophene rings is 1. The van der Waals surface area contributed by atoms with E-state index >= 15 is 0 Å². The minimum Gasteiger partial charge on any atom is -0.378 e. The Labute approximate surface area is 80.7 Å². The third kappa shape index (κ3) is 1.96. The van der Waals surface area contributed by atoms with Crippen LogP contribution in [0.15, 0.2) is 16.8 Å². The second-order valence-electron chi connectivity index (χ2n) is 2.96. The number of nitrogens with one attached hydrogen (secondary N) is 1. The van der Waals surface area contributed by atoms with Crippen LogP contribution in [0.4, 0.5) is 0 Å². The highest BCUT2D eigenvalue weighted by Crippen LogP contribution is 2.10. The van der Waals surface area contributed by atoms with Gasteiger partial charge in [-0.05, 0) is 11.4 Å². The van der Waals surface area contributed by atoms with Gasteiger partial charge in [0.15, 0.2) is 5.78 Å². The number of carbonyl (C=O) groups excluding carboxylic acids is 1. The van der Waals surface area contributed by atoms with Gasteiger partial charge in [0, 0.05) is 17.5 Å². The molecule has 1 aliphatic heterocycles. The van der Waals surface area contributed by atoms with Crippen molar-refractivity contribution in [3.8, 4) is 0 Å². The lowest BCUT2D eigenvalue weighted by molar-refractivity contribution is 0.0608. The molecule has 0 spiro atoms. The van der Waals surface area contributed by atoms with Crippen molar-refractivity contribution in [2.24, 2.45) is 0 Å². The van der Waals surface area contributed by atoms with E-state index in [0.717, 1.165) is 12.1 Å². The lowest BCUT2D eigenvalue weighted by Crippen LogP contribution is -2.46. The Kier molecular flexibility index (Phi) is 2.73. The molecule has 0 aromatic carbocycles. The number of ketones is 1. The summed E-state index contributed by atoms with van der Waals surface area (Å²) in [6.07, 6.45) is 0. The van der Waals surface area contributed by atoms with Crippen molar-refractivity contribution in [3.63, 3.8) is 0 Å². The summed E-state index contributed by atoms with van der Waals surface area (Å²) in [5.41, 5.74) is 0.785. The zero-order valence-corrected chi connectivity index (χ0v) is 7.97. The summed E-state index contributed by atoms with van der Waals surface area (Å²) < 4.78 is 5.22. The molecule has 2 heterocycles. The first-order valence-electron chi connectivity index (χ1n) is 4.25. The van der Waals surface area contributed by atoms with Crippen LogP contribution < -0.4 is 5.32 Å². The van der Waals surface area contributed by atoms with Crippen molar-refractivity contribution in [2.45, 2.75) is 6.04 Å². The van der Waals surface area contributed by atoms with Gasteiger partial charge in [0.25, 0.3) is 0 Å². The summed E-state index contributed by atoms with van der Waals surface area (Å²) in [6, 6.07) is 1.70. The maximum atomic E-state index is 11.7. The van der Waals surface area contributed by atoms with Gasteiger partial charge in [-0.3, -0.25) is 4.79 Å². The number of ether oxygens (including phenoxy) is 1. The molecular formula is C9H11NO2S. The molecule has 1 unspecified atom stereocenters. The van der Waals surface area contributed by atoms with E-state index in [9.17, 15) is 4.79 Å². The van der Waals surface area contributed by atoms with E-state index in [1.54, 1.807) is 11.3 Å². The Bertz CT molecular complexity index is 278. The summed E-state index contributed by atoms with van der Waals surface area (Å²) in [4.78, 5) is 11.7. The summed E-state index contributed by atoms with van der Waals surface area (Å²) in [5, 5.41) is 6.92. The molecule has 0 radical (unpaired) electrons. The van der Waals surface area contributed by atoms with Gasteiger partial charge in [-0.1, -0.05) is 0 Å². The second-order valence-corrected chi connectivity index (χ2v) is 3.74. The lowest BCUT2D eigenvalue weighted by Gasteiger charge is -2.22. The van der Waals surface area contributed by atoms with Crippen LogP contribution in [0.5, 0.6) is 0 Å². The molecule has 1 fully saturated rings. The van der Waals surface area contributed by atoms with Crippen molar-refractivity contribution in [1.29, 1.82) is 0 Å². The van der Waals surface area contributed by atoms with Crippen LogP contribution in [0.25, 0.3) is 0 Å². The van der Waals surface area contributed by atoms with Crippen molar-refractivity contribution in [3.05, 3.63) is 22.4 Å². The predicted molar refractivity (Wildman–Crippen MR) is 51.3 cm³/mol. The average molecular weight is 197 g/mol. The summed E-state index contributed by atoms with van der Waals surface area (Å²) >= 11 is 1.54. The van der Waals surface area contributed by atoms with Crippen LogP contribution in [0.1, 0.15) is 10.4 Å². The molecule has 13 heavy (non-hydrogen) atoms. The third-order valence-electron chi connectivity index (χ3n) is 2.04.